The number of aromatic nitrogens is 2. The highest BCUT2D eigenvalue weighted by Crippen LogP contribution is 2.16. The first-order valence-electron chi connectivity index (χ1n) is 7.65. The summed E-state index contributed by atoms with van der Waals surface area (Å²) in [5, 5.41) is 27.3. The molecule has 1 amide bonds. The summed E-state index contributed by atoms with van der Waals surface area (Å²) in [4.78, 5) is 22.4. The zero-order valence-electron chi connectivity index (χ0n) is 13.5. The Bertz CT molecular complexity index is 726. The SMILES string of the molecule is CC(C)C(O)CCNC(=O)c1ccn(-c2cccc([N+](=O)[O-])c2)n1. The number of aliphatic hydroxyl groups is 1. The Labute approximate surface area is 139 Å². The van der Waals surface area contributed by atoms with Gasteiger partial charge in [0.25, 0.3) is 11.6 Å². The summed E-state index contributed by atoms with van der Waals surface area (Å²) in [6.45, 7) is 4.17. The number of benzene rings is 1. The van der Waals surface area contributed by atoms with Crippen LogP contribution in [0.1, 0.15) is 30.8 Å². The molecule has 0 spiro atoms. The molecule has 1 aromatic heterocycles. The fraction of sp³-hybridized carbons (Fsp3) is 0.375. The standard InChI is InChI=1S/C16H20N4O4/c1-11(2)15(21)6-8-17-16(22)14-7-9-19(18-14)12-4-3-5-13(10-12)20(23)24/h3-5,7,9-11,15,21H,6,8H2,1-2H3,(H,17,22). The van der Waals surface area contributed by atoms with Gasteiger partial charge in [0, 0.05) is 24.9 Å². The molecule has 0 saturated heterocycles. The predicted molar refractivity (Wildman–Crippen MR) is 88.0 cm³/mol. The van der Waals surface area contributed by atoms with Crippen molar-refractivity contribution in [2.75, 3.05) is 6.54 Å². The minimum absolute atomic E-state index is 0.0447. The monoisotopic (exact) mass is 332 g/mol. The minimum Gasteiger partial charge on any atom is -0.393 e. The van der Waals surface area contributed by atoms with Crippen molar-refractivity contribution < 1.29 is 14.8 Å². The predicted octanol–water partition coefficient (Wildman–Crippen LogP) is 1.92. The Hall–Kier alpha value is -2.74. The van der Waals surface area contributed by atoms with Crippen molar-refractivity contribution in [3.63, 3.8) is 0 Å². The molecule has 128 valence electrons. The number of carbonyl (C=O) groups is 1. The average Bonchev–Trinajstić information content (AvgIpc) is 3.04. The number of hydrogen-bond acceptors (Lipinski definition) is 5. The number of nitrogens with zero attached hydrogens (tertiary/aromatic N) is 3. The number of aliphatic hydroxyl groups excluding tert-OH is 1. The molecular formula is C16H20N4O4. The molecule has 8 heteroatoms. The molecule has 0 aliphatic heterocycles. The van der Waals surface area contributed by atoms with Crippen molar-refractivity contribution in [2.45, 2.75) is 26.4 Å². The lowest BCUT2D eigenvalue weighted by Gasteiger charge is -2.14. The van der Waals surface area contributed by atoms with Crippen LogP contribution in [-0.2, 0) is 0 Å². The Morgan fingerprint density at radius 1 is 1.42 bits per heavy atom. The lowest BCUT2D eigenvalue weighted by atomic mass is 10.0. The second kappa shape index (κ2) is 7.69. The average molecular weight is 332 g/mol. The lowest BCUT2D eigenvalue weighted by Crippen LogP contribution is -2.29. The van der Waals surface area contributed by atoms with Crippen molar-refractivity contribution in [3.8, 4) is 5.69 Å². The molecule has 0 bridgehead atoms. The van der Waals surface area contributed by atoms with Crippen LogP contribution in [0.15, 0.2) is 36.5 Å². The second-order valence-electron chi connectivity index (χ2n) is 5.78. The maximum Gasteiger partial charge on any atom is 0.271 e. The van der Waals surface area contributed by atoms with Gasteiger partial charge >= 0.3 is 0 Å². The molecule has 0 aliphatic rings. The third kappa shape index (κ3) is 4.39. The quantitative estimate of drug-likeness (QED) is 0.594. The molecule has 1 atom stereocenters. The van der Waals surface area contributed by atoms with Crippen LogP contribution in [0.25, 0.3) is 5.69 Å². The molecule has 0 fully saturated rings. The van der Waals surface area contributed by atoms with Gasteiger partial charge in [0.1, 0.15) is 0 Å². The van der Waals surface area contributed by atoms with Gasteiger partial charge in [-0.1, -0.05) is 19.9 Å². The van der Waals surface area contributed by atoms with E-state index in [2.05, 4.69) is 10.4 Å². The first-order chi connectivity index (χ1) is 11.4. The largest absolute Gasteiger partial charge is 0.393 e. The number of amides is 1. The van der Waals surface area contributed by atoms with E-state index in [1.54, 1.807) is 18.3 Å². The van der Waals surface area contributed by atoms with E-state index < -0.39 is 11.0 Å². The van der Waals surface area contributed by atoms with E-state index in [0.717, 1.165) is 0 Å². The number of rotatable bonds is 7. The highest BCUT2D eigenvalue weighted by atomic mass is 16.6. The fourth-order valence-electron chi connectivity index (χ4n) is 2.10. The van der Waals surface area contributed by atoms with E-state index in [0.29, 0.717) is 18.7 Å². The number of nitrogens with one attached hydrogen (secondary N) is 1. The smallest absolute Gasteiger partial charge is 0.271 e. The molecule has 0 aliphatic carbocycles. The van der Waals surface area contributed by atoms with Crippen LogP contribution in [0.5, 0.6) is 0 Å². The summed E-state index contributed by atoms with van der Waals surface area (Å²) >= 11 is 0. The molecule has 2 N–H and O–H groups in total. The Balaban J connectivity index is 2.01. The zero-order chi connectivity index (χ0) is 17.7. The topological polar surface area (TPSA) is 110 Å². The van der Waals surface area contributed by atoms with Crippen molar-refractivity contribution in [2.24, 2.45) is 5.92 Å². The normalized spacial score (nSPS) is 12.2. The van der Waals surface area contributed by atoms with Gasteiger partial charge in [-0.2, -0.15) is 5.10 Å². The number of hydrogen-bond donors (Lipinski definition) is 2. The van der Waals surface area contributed by atoms with Crippen LogP contribution >= 0.6 is 0 Å². The zero-order valence-corrected chi connectivity index (χ0v) is 13.5. The van der Waals surface area contributed by atoms with Crippen molar-refractivity contribution >= 4 is 11.6 Å². The summed E-state index contributed by atoms with van der Waals surface area (Å²) < 4.78 is 1.41. The number of nitro groups is 1. The first-order valence-corrected chi connectivity index (χ1v) is 7.65. The Kier molecular flexibility index (Phi) is 5.64. The summed E-state index contributed by atoms with van der Waals surface area (Å²) in [7, 11) is 0. The van der Waals surface area contributed by atoms with Crippen LogP contribution < -0.4 is 5.32 Å². The molecule has 1 aromatic carbocycles. The van der Waals surface area contributed by atoms with E-state index >= 15 is 0 Å². The Morgan fingerprint density at radius 2 is 2.17 bits per heavy atom. The summed E-state index contributed by atoms with van der Waals surface area (Å²) in [5.74, 6) is -0.217. The molecule has 1 unspecified atom stereocenters. The van der Waals surface area contributed by atoms with Gasteiger partial charge in [-0.05, 0) is 24.5 Å². The van der Waals surface area contributed by atoms with Crippen molar-refractivity contribution in [1.29, 1.82) is 0 Å². The van der Waals surface area contributed by atoms with E-state index in [4.69, 9.17) is 0 Å². The van der Waals surface area contributed by atoms with Crippen molar-refractivity contribution in [3.05, 3.63) is 52.3 Å². The molecule has 0 radical (unpaired) electrons. The van der Waals surface area contributed by atoms with E-state index in [1.165, 1.54) is 22.9 Å². The lowest BCUT2D eigenvalue weighted by molar-refractivity contribution is -0.384. The first kappa shape index (κ1) is 17.6. The van der Waals surface area contributed by atoms with Crippen LogP contribution in [0.4, 0.5) is 5.69 Å². The van der Waals surface area contributed by atoms with Gasteiger partial charge < -0.3 is 10.4 Å². The van der Waals surface area contributed by atoms with E-state index in [1.807, 2.05) is 13.8 Å². The van der Waals surface area contributed by atoms with Crippen molar-refractivity contribution in [1.82, 2.24) is 15.1 Å². The Morgan fingerprint density at radius 3 is 2.83 bits per heavy atom. The summed E-state index contributed by atoms with van der Waals surface area (Å²) in [6, 6.07) is 7.53. The molecule has 24 heavy (non-hydrogen) atoms. The maximum atomic E-state index is 12.0. The molecule has 1 heterocycles. The number of nitro benzene ring substituents is 1. The van der Waals surface area contributed by atoms with Crippen LogP contribution in [-0.4, -0.2) is 38.4 Å². The summed E-state index contributed by atoms with van der Waals surface area (Å²) in [5.41, 5.74) is 0.663. The molecule has 0 saturated carbocycles. The molecule has 2 rings (SSSR count). The molecule has 2 aromatic rings. The van der Waals surface area contributed by atoms with Gasteiger partial charge in [-0.15, -0.1) is 0 Å². The van der Waals surface area contributed by atoms with Crippen LogP contribution in [0, 0.1) is 16.0 Å². The third-order valence-electron chi connectivity index (χ3n) is 3.62. The maximum absolute atomic E-state index is 12.0. The van der Waals surface area contributed by atoms with Gasteiger partial charge in [0.05, 0.1) is 16.7 Å². The van der Waals surface area contributed by atoms with Gasteiger partial charge in [-0.25, -0.2) is 4.68 Å². The second-order valence-corrected chi connectivity index (χ2v) is 5.78. The minimum atomic E-state index is -0.485. The molecular weight excluding hydrogens is 312 g/mol. The van der Waals surface area contributed by atoms with E-state index in [9.17, 15) is 20.0 Å². The van der Waals surface area contributed by atoms with Gasteiger partial charge in [0.15, 0.2) is 5.69 Å². The highest BCUT2D eigenvalue weighted by Gasteiger charge is 2.13. The van der Waals surface area contributed by atoms with E-state index in [-0.39, 0.29) is 23.2 Å². The van der Waals surface area contributed by atoms with Crippen LogP contribution in [0.2, 0.25) is 0 Å². The third-order valence-corrected chi connectivity index (χ3v) is 3.62. The molecule has 8 nitrogen and oxygen atoms in total. The number of non-ortho nitro benzene ring substituents is 1. The fourth-order valence-corrected chi connectivity index (χ4v) is 2.10. The van der Waals surface area contributed by atoms with Gasteiger partial charge in [-0.3, -0.25) is 14.9 Å². The number of carbonyl (C=O) groups excluding carboxylic acids is 1. The van der Waals surface area contributed by atoms with Gasteiger partial charge in [0.2, 0.25) is 0 Å². The highest BCUT2D eigenvalue weighted by molar-refractivity contribution is 5.92. The summed E-state index contributed by atoms with van der Waals surface area (Å²) in [6.07, 6.45) is 1.57. The van der Waals surface area contributed by atoms with Crippen LogP contribution in [0.3, 0.4) is 0 Å².